The average molecular weight is 387 g/mol. The fraction of sp³-hybridized carbons (Fsp3) is 0.400. The average Bonchev–Trinajstić information content (AvgIpc) is 2.70. The second-order valence-electron chi connectivity index (χ2n) is 7.06. The summed E-state index contributed by atoms with van der Waals surface area (Å²) in [7, 11) is 0. The summed E-state index contributed by atoms with van der Waals surface area (Å²) in [5.41, 5.74) is 3.15. The molecule has 1 unspecified atom stereocenters. The summed E-state index contributed by atoms with van der Waals surface area (Å²) in [5, 5.41) is 21.2. The van der Waals surface area contributed by atoms with Gasteiger partial charge in [-0.05, 0) is 44.0 Å². The summed E-state index contributed by atoms with van der Waals surface area (Å²) in [4.78, 5) is 0. The number of nitrogens with two attached hydrogens (primary N) is 1. The van der Waals surface area contributed by atoms with Gasteiger partial charge in [0.25, 0.3) is 0 Å². The number of hydrazine groups is 1. The lowest BCUT2D eigenvalue weighted by atomic mass is 10.1. The Kier molecular flexibility index (Phi) is 8.19. The van der Waals surface area contributed by atoms with Crippen LogP contribution in [-0.4, -0.2) is 46.7 Å². The Bertz CT molecular complexity index is 737. The molecular formula is C20H29N5O3. The maximum atomic E-state index is 10.2. The first-order chi connectivity index (χ1) is 13.4. The summed E-state index contributed by atoms with van der Waals surface area (Å²) in [6, 6.07) is 11.1. The fourth-order valence-electron chi connectivity index (χ4n) is 2.35. The van der Waals surface area contributed by atoms with Crippen molar-refractivity contribution in [2.45, 2.75) is 31.9 Å². The predicted molar refractivity (Wildman–Crippen MR) is 109 cm³/mol. The zero-order valence-corrected chi connectivity index (χ0v) is 16.4. The number of rotatable bonds is 12. The third-order valence-electron chi connectivity index (χ3n) is 3.91. The van der Waals surface area contributed by atoms with Crippen molar-refractivity contribution < 1.29 is 14.6 Å². The van der Waals surface area contributed by atoms with Crippen LogP contribution in [-0.2, 0) is 6.42 Å². The van der Waals surface area contributed by atoms with Crippen LogP contribution < -0.4 is 26.1 Å². The van der Waals surface area contributed by atoms with E-state index in [0.29, 0.717) is 24.8 Å². The van der Waals surface area contributed by atoms with Gasteiger partial charge in [0, 0.05) is 18.2 Å². The number of nitrogens with zero attached hydrogens (tertiary/aromatic N) is 2. The molecule has 0 aliphatic heterocycles. The molecule has 5 N–H and O–H groups in total. The molecule has 8 heteroatoms. The molecule has 0 bridgehead atoms. The first-order valence-corrected chi connectivity index (χ1v) is 9.11. The van der Waals surface area contributed by atoms with Crippen molar-refractivity contribution in [1.82, 2.24) is 15.5 Å². The van der Waals surface area contributed by atoms with Crippen LogP contribution in [0.15, 0.2) is 49.1 Å². The predicted octanol–water partition coefficient (Wildman–Crippen LogP) is 1.68. The van der Waals surface area contributed by atoms with E-state index >= 15 is 0 Å². The van der Waals surface area contributed by atoms with Crippen LogP contribution in [0.25, 0.3) is 0 Å². The molecule has 0 saturated carbocycles. The van der Waals surface area contributed by atoms with Gasteiger partial charge in [-0.15, -0.1) is 16.8 Å². The minimum atomic E-state index is -0.656. The van der Waals surface area contributed by atoms with Gasteiger partial charge in [-0.3, -0.25) is 0 Å². The van der Waals surface area contributed by atoms with Gasteiger partial charge in [0.05, 0.1) is 0 Å². The SMILES string of the molecule is C=CCc1cccc(OCC(O)CNC(C)(C)COc2ccc(NN)nn2)c1. The summed E-state index contributed by atoms with van der Waals surface area (Å²) < 4.78 is 11.3. The van der Waals surface area contributed by atoms with Crippen molar-refractivity contribution in [3.05, 3.63) is 54.6 Å². The van der Waals surface area contributed by atoms with Crippen molar-refractivity contribution in [2.75, 3.05) is 25.2 Å². The Hall–Kier alpha value is -2.68. The smallest absolute Gasteiger partial charge is 0.233 e. The third kappa shape index (κ3) is 7.51. The monoisotopic (exact) mass is 387 g/mol. The minimum Gasteiger partial charge on any atom is -0.491 e. The molecule has 0 radical (unpaired) electrons. The van der Waals surface area contributed by atoms with Crippen LogP contribution in [0, 0.1) is 0 Å². The van der Waals surface area contributed by atoms with E-state index in [1.165, 1.54) is 0 Å². The molecule has 0 amide bonds. The standard InChI is InChI=1S/C20H29N5O3/c1-4-6-15-7-5-8-17(11-15)27-13-16(26)12-22-20(2,3)14-28-19-10-9-18(23-21)24-25-19/h4-5,7-11,16,22,26H,1,6,12-14,21H2,2-3H3,(H,23,24). The lowest BCUT2D eigenvalue weighted by Crippen LogP contribution is -2.48. The van der Waals surface area contributed by atoms with Crippen LogP contribution in [0.2, 0.25) is 0 Å². The number of benzene rings is 1. The molecule has 152 valence electrons. The van der Waals surface area contributed by atoms with Gasteiger partial charge >= 0.3 is 0 Å². The highest BCUT2D eigenvalue weighted by molar-refractivity contribution is 5.32. The van der Waals surface area contributed by atoms with Gasteiger partial charge in [0.15, 0.2) is 5.82 Å². The topological polar surface area (TPSA) is 115 Å². The van der Waals surface area contributed by atoms with Gasteiger partial charge in [0.2, 0.25) is 5.88 Å². The Morgan fingerprint density at radius 1 is 1.25 bits per heavy atom. The van der Waals surface area contributed by atoms with E-state index in [1.54, 1.807) is 12.1 Å². The third-order valence-corrected chi connectivity index (χ3v) is 3.91. The zero-order chi connectivity index (χ0) is 20.4. The number of aromatic nitrogens is 2. The molecular weight excluding hydrogens is 358 g/mol. The van der Waals surface area contributed by atoms with E-state index in [2.05, 4.69) is 27.5 Å². The van der Waals surface area contributed by atoms with Crippen molar-refractivity contribution >= 4 is 5.82 Å². The van der Waals surface area contributed by atoms with E-state index in [-0.39, 0.29) is 12.1 Å². The van der Waals surface area contributed by atoms with Crippen LogP contribution in [0.4, 0.5) is 5.82 Å². The molecule has 0 saturated heterocycles. The Morgan fingerprint density at radius 2 is 2.07 bits per heavy atom. The number of nitrogen functional groups attached to an aromatic ring is 1. The summed E-state index contributed by atoms with van der Waals surface area (Å²) in [5.74, 6) is 6.85. The molecule has 0 spiro atoms. The Morgan fingerprint density at radius 3 is 2.75 bits per heavy atom. The maximum Gasteiger partial charge on any atom is 0.233 e. The van der Waals surface area contributed by atoms with Crippen LogP contribution >= 0.6 is 0 Å². The van der Waals surface area contributed by atoms with Crippen LogP contribution in [0.5, 0.6) is 11.6 Å². The second-order valence-corrected chi connectivity index (χ2v) is 7.06. The number of aliphatic hydroxyl groups is 1. The first kappa shape index (κ1) is 21.6. The van der Waals surface area contributed by atoms with Crippen molar-refractivity contribution in [1.29, 1.82) is 0 Å². The van der Waals surface area contributed by atoms with Gasteiger partial charge in [-0.2, -0.15) is 0 Å². The molecule has 28 heavy (non-hydrogen) atoms. The molecule has 0 aliphatic rings. The highest BCUT2D eigenvalue weighted by Crippen LogP contribution is 2.14. The number of ether oxygens (including phenoxy) is 2. The van der Waals surface area contributed by atoms with E-state index in [4.69, 9.17) is 15.3 Å². The molecule has 1 heterocycles. The number of aliphatic hydroxyl groups excluding tert-OH is 1. The molecule has 1 atom stereocenters. The number of hydrogen-bond donors (Lipinski definition) is 4. The quantitative estimate of drug-likeness (QED) is 0.247. The Balaban J connectivity index is 1.73. The van der Waals surface area contributed by atoms with Crippen LogP contribution in [0.3, 0.4) is 0 Å². The van der Waals surface area contributed by atoms with E-state index in [9.17, 15) is 5.11 Å². The largest absolute Gasteiger partial charge is 0.491 e. The number of hydrogen-bond acceptors (Lipinski definition) is 8. The number of nitrogens with one attached hydrogen (secondary N) is 2. The van der Waals surface area contributed by atoms with E-state index < -0.39 is 6.10 Å². The normalized spacial score (nSPS) is 12.3. The first-order valence-electron chi connectivity index (χ1n) is 9.11. The second kappa shape index (κ2) is 10.6. The number of allylic oxidation sites excluding steroid dienone is 1. The molecule has 2 aromatic rings. The van der Waals surface area contributed by atoms with Crippen molar-refractivity contribution in [2.24, 2.45) is 5.84 Å². The lowest BCUT2D eigenvalue weighted by Gasteiger charge is -2.27. The fourth-order valence-corrected chi connectivity index (χ4v) is 2.35. The number of anilines is 1. The maximum absolute atomic E-state index is 10.2. The molecule has 0 aliphatic carbocycles. The molecule has 0 fully saturated rings. The van der Waals surface area contributed by atoms with E-state index in [0.717, 1.165) is 17.7 Å². The van der Waals surface area contributed by atoms with Gasteiger partial charge in [-0.25, -0.2) is 5.84 Å². The zero-order valence-electron chi connectivity index (χ0n) is 16.4. The van der Waals surface area contributed by atoms with Gasteiger partial charge in [0.1, 0.15) is 25.1 Å². The molecule has 8 nitrogen and oxygen atoms in total. The van der Waals surface area contributed by atoms with Crippen molar-refractivity contribution in [3.63, 3.8) is 0 Å². The molecule has 2 rings (SSSR count). The highest BCUT2D eigenvalue weighted by Gasteiger charge is 2.20. The molecule has 1 aromatic heterocycles. The lowest BCUT2D eigenvalue weighted by molar-refractivity contribution is 0.0922. The summed E-state index contributed by atoms with van der Waals surface area (Å²) in [6.45, 7) is 8.60. The highest BCUT2D eigenvalue weighted by atomic mass is 16.5. The number of β-amino-alcohol motifs (C(OH)–C–C–N with tert-alkyl or cyclic N) is 1. The van der Waals surface area contributed by atoms with Crippen molar-refractivity contribution in [3.8, 4) is 11.6 Å². The van der Waals surface area contributed by atoms with Gasteiger partial charge in [-0.1, -0.05) is 18.2 Å². The van der Waals surface area contributed by atoms with Gasteiger partial charge < -0.3 is 25.3 Å². The molecule has 1 aromatic carbocycles. The van der Waals surface area contributed by atoms with E-state index in [1.807, 2.05) is 44.2 Å². The van der Waals surface area contributed by atoms with Crippen LogP contribution in [0.1, 0.15) is 19.4 Å². The Labute approximate surface area is 165 Å². The summed E-state index contributed by atoms with van der Waals surface area (Å²) >= 11 is 0. The minimum absolute atomic E-state index is 0.195. The summed E-state index contributed by atoms with van der Waals surface area (Å²) in [6.07, 6.45) is 1.97.